The van der Waals surface area contributed by atoms with Crippen molar-refractivity contribution in [2.75, 3.05) is 23.4 Å². The van der Waals surface area contributed by atoms with Gasteiger partial charge in [-0.3, -0.25) is 14.5 Å². The number of para-hydroxylation sites is 2. The van der Waals surface area contributed by atoms with E-state index < -0.39 is 18.5 Å². The van der Waals surface area contributed by atoms with E-state index in [-0.39, 0.29) is 12.5 Å². The lowest BCUT2D eigenvalue weighted by atomic mass is 10.2. The number of fused-ring (bicyclic) bond motifs is 1. The Morgan fingerprint density at radius 2 is 1.89 bits per heavy atom. The number of carbonyl (C=O) groups is 3. The maximum Gasteiger partial charge on any atom is 0.338 e. The molecule has 140 valence electrons. The third kappa shape index (κ3) is 3.45. The molecule has 1 aromatic heterocycles. The molecule has 9 nitrogen and oxygen atoms in total. The lowest BCUT2D eigenvalue weighted by Crippen LogP contribution is -2.44. The standard InChI is InChI=1S/C19H15N5O4/c25-17-9-23(16-4-2-1-3-15(16)22-17)18(26)10-28-19(27)13-5-7-14(8-6-13)24-12-20-11-21-24/h1-8,11-12H,9-10H2,(H,22,25). The van der Waals surface area contributed by atoms with E-state index in [4.69, 9.17) is 4.74 Å². The maximum absolute atomic E-state index is 12.5. The molecule has 4 rings (SSSR count). The van der Waals surface area contributed by atoms with E-state index in [2.05, 4.69) is 15.4 Å². The first-order valence-corrected chi connectivity index (χ1v) is 8.43. The summed E-state index contributed by atoms with van der Waals surface area (Å²) in [6.07, 6.45) is 2.95. The number of amides is 2. The van der Waals surface area contributed by atoms with E-state index in [1.807, 2.05) is 0 Å². The predicted molar refractivity (Wildman–Crippen MR) is 99.1 cm³/mol. The van der Waals surface area contributed by atoms with Crippen LogP contribution in [0.3, 0.4) is 0 Å². The largest absolute Gasteiger partial charge is 0.452 e. The van der Waals surface area contributed by atoms with Crippen molar-refractivity contribution in [3.8, 4) is 5.69 Å². The summed E-state index contributed by atoms with van der Waals surface area (Å²) in [7, 11) is 0. The van der Waals surface area contributed by atoms with Gasteiger partial charge in [0.15, 0.2) is 6.61 Å². The molecule has 2 heterocycles. The first kappa shape index (κ1) is 17.4. The normalized spacial score (nSPS) is 12.9. The van der Waals surface area contributed by atoms with Crippen molar-refractivity contribution in [2.45, 2.75) is 0 Å². The van der Waals surface area contributed by atoms with Gasteiger partial charge in [-0.1, -0.05) is 12.1 Å². The molecular weight excluding hydrogens is 362 g/mol. The molecule has 0 atom stereocenters. The van der Waals surface area contributed by atoms with Crippen molar-refractivity contribution in [1.29, 1.82) is 0 Å². The number of anilines is 2. The number of aromatic nitrogens is 3. The molecular formula is C19H15N5O4. The third-order valence-corrected chi connectivity index (χ3v) is 4.18. The first-order valence-electron chi connectivity index (χ1n) is 8.43. The van der Waals surface area contributed by atoms with E-state index in [1.165, 1.54) is 11.2 Å². The van der Waals surface area contributed by atoms with Gasteiger partial charge in [0.05, 0.1) is 22.6 Å². The van der Waals surface area contributed by atoms with E-state index in [0.717, 1.165) is 5.69 Å². The van der Waals surface area contributed by atoms with Crippen LogP contribution in [0.2, 0.25) is 0 Å². The number of rotatable bonds is 4. The van der Waals surface area contributed by atoms with Crippen LogP contribution in [0.25, 0.3) is 5.69 Å². The Morgan fingerprint density at radius 3 is 2.64 bits per heavy atom. The highest BCUT2D eigenvalue weighted by molar-refractivity contribution is 6.10. The molecule has 28 heavy (non-hydrogen) atoms. The van der Waals surface area contributed by atoms with Crippen molar-refractivity contribution in [2.24, 2.45) is 0 Å². The number of ether oxygens (including phenoxy) is 1. The second kappa shape index (κ2) is 7.31. The Kier molecular flexibility index (Phi) is 4.55. The molecule has 0 saturated carbocycles. The monoisotopic (exact) mass is 377 g/mol. The highest BCUT2D eigenvalue weighted by Crippen LogP contribution is 2.28. The topological polar surface area (TPSA) is 106 Å². The number of esters is 1. The van der Waals surface area contributed by atoms with Crippen molar-refractivity contribution in [3.05, 3.63) is 66.7 Å². The fourth-order valence-corrected chi connectivity index (χ4v) is 2.84. The molecule has 0 spiro atoms. The molecule has 0 saturated heterocycles. The quantitative estimate of drug-likeness (QED) is 0.689. The number of nitrogens with one attached hydrogen (secondary N) is 1. The minimum absolute atomic E-state index is 0.125. The molecule has 1 aliphatic rings. The van der Waals surface area contributed by atoms with Crippen LogP contribution < -0.4 is 10.2 Å². The van der Waals surface area contributed by atoms with Crippen LogP contribution >= 0.6 is 0 Å². The highest BCUT2D eigenvalue weighted by Gasteiger charge is 2.27. The maximum atomic E-state index is 12.5. The summed E-state index contributed by atoms with van der Waals surface area (Å²) in [5, 5.41) is 6.70. The molecule has 0 bridgehead atoms. The van der Waals surface area contributed by atoms with Gasteiger partial charge in [0.1, 0.15) is 19.2 Å². The SMILES string of the molecule is O=C1CN(C(=O)COC(=O)c2ccc(-n3cncn3)cc2)c2ccccc2N1. The van der Waals surface area contributed by atoms with Gasteiger partial charge in [0.25, 0.3) is 5.91 Å². The molecule has 0 fully saturated rings. The molecule has 0 aliphatic carbocycles. The van der Waals surface area contributed by atoms with E-state index in [9.17, 15) is 14.4 Å². The van der Waals surface area contributed by atoms with Gasteiger partial charge < -0.3 is 10.1 Å². The smallest absolute Gasteiger partial charge is 0.338 e. The lowest BCUT2D eigenvalue weighted by Gasteiger charge is -2.28. The Bertz CT molecular complexity index is 1030. The molecule has 1 N–H and O–H groups in total. The molecule has 1 aliphatic heterocycles. The second-order valence-corrected chi connectivity index (χ2v) is 6.01. The Balaban J connectivity index is 1.41. The Morgan fingerprint density at radius 1 is 1.11 bits per heavy atom. The molecule has 9 heteroatoms. The number of carbonyl (C=O) groups excluding carboxylic acids is 3. The van der Waals surface area contributed by atoms with Crippen molar-refractivity contribution in [1.82, 2.24) is 14.8 Å². The van der Waals surface area contributed by atoms with Crippen LogP contribution in [0, 0.1) is 0 Å². The average Bonchev–Trinajstić information content (AvgIpc) is 3.26. The minimum Gasteiger partial charge on any atom is -0.452 e. The van der Waals surface area contributed by atoms with Crippen molar-refractivity contribution >= 4 is 29.2 Å². The third-order valence-electron chi connectivity index (χ3n) is 4.18. The Labute approximate surface area is 159 Å². The highest BCUT2D eigenvalue weighted by atomic mass is 16.5. The summed E-state index contributed by atoms with van der Waals surface area (Å²) >= 11 is 0. The molecule has 2 amide bonds. The van der Waals surface area contributed by atoms with E-state index in [0.29, 0.717) is 16.9 Å². The van der Waals surface area contributed by atoms with Crippen LogP contribution in [0.5, 0.6) is 0 Å². The molecule has 3 aromatic rings. The zero-order valence-corrected chi connectivity index (χ0v) is 14.6. The molecule has 0 radical (unpaired) electrons. The zero-order chi connectivity index (χ0) is 19.5. The molecule has 0 unspecified atom stereocenters. The summed E-state index contributed by atoms with van der Waals surface area (Å²) < 4.78 is 6.68. The lowest BCUT2D eigenvalue weighted by molar-refractivity contribution is -0.124. The molecule has 2 aromatic carbocycles. The summed E-state index contributed by atoms with van der Waals surface area (Å²) in [4.78, 5) is 41.7. The van der Waals surface area contributed by atoms with Gasteiger partial charge in [-0.05, 0) is 36.4 Å². The van der Waals surface area contributed by atoms with Gasteiger partial charge >= 0.3 is 5.97 Å². The fraction of sp³-hybridized carbons (Fsp3) is 0.105. The Hall–Kier alpha value is -4.01. The van der Waals surface area contributed by atoms with Gasteiger partial charge in [0.2, 0.25) is 5.91 Å². The average molecular weight is 377 g/mol. The second-order valence-electron chi connectivity index (χ2n) is 6.01. The predicted octanol–water partition coefficient (Wildman–Crippen LogP) is 1.41. The van der Waals surface area contributed by atoms with Gasteiger partial charge in [-0.25, -0.2) is 14.5 Å². The van der Waals surface area contributed by atoms with Crippen molar-refractivity contribution in [3.63, 3.8) is 0 Å². The van der Waals surface area contributed by atoms with E-state index >= 15 is 0 Å². The van der Waals surface area contributed by atoms with Crippen LogP contribution in [0.15, 0.2) is 61.2 Å². The first-order chi connectivity index (χ1) is 13.6. The van der Waals surface area contributed by atoms with E-state index in [1.54, 1.807) is 59.5 Å². The number of nitrogens with zero attached hydrogens (tertiary/aromatic N) is 4. The van der Waals surface area contributed by atoms with Crippen LogP contribution in [-0.2, 0) is 14.3 Å². The summed E-state index contributed by atoms with van der Waals surface area (Å²) in [5.41, 5.74) is 2.15. The van der Waals surface area contributed by atoms with Gasteiger partial charge in [0, 0.05) is 0 Å². The number of benzene rings is 2. The van der Waals surface area contributed by atoms with Crippen LogP contribution in [0.1, 0.15) is 10.4 Å². The zero-order valence-electron chi connectivity index (χ0n) is 14.6. The fourth-order valence-electron chi connectivity index (χ4n) is 2.84. The van der Waals surface area contributed by atoms with Gasteiger partial charge in [-0.2, -0.15) is 5.10 Å². The summed E-state index contributed by atoms with van der Waals surface area (Å²) in [6.45, 7) is -0.592. The summed E-state index contributed by atoms with van der Waals surface area (Å²) in [5.74, 6) is -1.41. The minimum atomic E-state index is -0.631. The number of hydrogen-bond acceptors (Lipinski definition) is 6. The summed E-state index contributed by atoms with van der Waals surface area (Å²) in [6, 6.07) is 13.5. The van der Waals surface area contributed by atoms with Crippen molar-refractivity contribution < 1.29 is 19.1 Å². The van der Waals surface area contributed by atoms with Crippen LogP contribution in [-0.4, -0.2) is 45.7 Å². The van der Waals surface area contributed by atoms with Gasteiger partial charge in [-0.15, -0.1) is 0 Å². The van der Waals surface area contributed by atoms with Crippen LogP contribution in [0.4, 0.5) is 11.4 Å². The number of hydrogen-bond donors (Lipinski definition) is 1.